The summed E-state index contributed by atoms with van der Waals surface area (Å²) in [6.07, 6.45) is -0.682. The van der Waals surface area contributed by atoms with Gasteiger partial charge in [-0.1, -0.05) is 17.7 Å². The molecule has 1 aromatic carbocycles. The van der Waals surface area contributed by atoms with Crippen LogP contribution in [0.2, 0.25) is 0 Å². The van der Waals surface area contributed by atoms with Gasteiger partial charge in [-0.2, -0.15) is 9.57 Å². The van der Waals surface area contributed by atoms with Gasteiger partial charge in [-0.3, -0.25) is 0 Å². The van der Waals surface area contributed by atoms with E-state index in [1.807, 2.05) is 13.0 Å². The maximum absolute atomic E-state index is 12.3. The van der Waals surface area contributed by atoms with E-state index >= 15 is 0 Å². The monoisotopic (exact) mass is 266 g/mol. The van der Waals surface area contributed by atoms with Crippen molar-refractivity contribution in [3.63, 3.8) is 0 Å². The van der Waals surface area contributed by atoms with Crippen molar-refractivity contribution in [2.45, 2.75) is 17.9 Å². The quantitative estimate of drug-likeness (QED) is 0.797. The Kier molecular flexibility index (Phi) is 3.66. The first kappa shape index (κ1) is 13.0. The van der Waals surface area contributed by atoms with Crippen molar-refractivity contribution < 1.29 is 13.2 Å². The van der Waals surface area contributed by atoms with E-state index in [2.05, 4.69) is 0 Å². The predicted molar refractivity (Wildman–Crippen MR) is 65.3 cm³/mol. The molecule has 1 fully saturated rings. The highest BCUT2D eigenvalue weighted by atomic mass is 32.2. The number of hydrogen-bond donors (Lipinski definition) is 0. The molecular weight excluding hydrogens is 252 g/mol. The van der Waals surface area contributed by atoms with E-state index in [-0.39, 0.29) is 24.6 Å². The van der Waals surface area contributed by atoms with E-state index in [0.29, 0.717) is 0 Å². The Labute approximate surface area is 107 Å². The Hall–Kier alpha value is -1.42. The van der Waals surface area contributed by atoms with E-state index in [4.69, 9.17) is 10.00 Å². The first-order chi connectivity index (χ1) is 8.54. The molecule has 6 heteroatoms. The minimum absolute atomic E-state index is 0.0900. The Morgan fingerprint density at radius 1 is 1.39 bits per heavy atom. The number of aryl methyl sites for hydroxylation is 1. The lowest BCUT2D eigenvalue weighted by Gasteiger charge is -2.28. The highest BCUT2D eigenvalue weighted by Gasteiger charge is 2.30. The molecule has 1 atom stereocenters. The summed E-state index contributed by atoms with van der Waals surface area (Å²) in [5, 5.41) is 8.78. The van der Waals surface area contributed by atoms with Crippen LogP contribution in [0.15, 0.2) is 29.2 Å². The summed E-state index contributed by atoms with van der Waals surface area (Å²) < 4.78 is 31.1. The lowest BCUT2D eigenvalue weighted by molar-refractivity contribution is 0.0311. The molecule has 0 saturated carbocycles. The second-order valence-electron chi connectivity index (χ2n) is 4.16. The molecule has 1 aliphatic rings. The molecule has 0 bridgehead atoms. The van der Waals surface area contributed by atoms with Gasteiger partial charge >= 0.3 is 0 Å². The molecule has 0 spiro atoms. The molecule has 1 aliphatic heterocycles. The maximum Gasteiger partial charge on any atom is 0.243 e. The van der Waals surface area contributed by atoms with Gasteiger partial charge in [0.25, 0.3) is 0 Å². The van der Waals surface area contributed by atoms with Crippen LogP contribution in [-0.2, 0) is 14.8 Å². The van der Waals surface area contributed by atoms with Gasteiger partial charge < -0.3 is 4.74 Å². The summed E-state index contributed by atoms with van der Waals surface area (Å²) in [6.45, 7) is 2.53. The molecule has 0 radical (unpaired) electrons. The van der Waals surface area contributed by atoms with Crippen LogP contribution in [-0.4, -0.2) is 38.5 Å². The SMILES string of the molecule is Cc1ccc(S(=O)(=O)N2CCOC(C#N)C2)cc1. The molecule has 1 heterocycles. The van der Waals surface area contributed by atoms with E-state index in [1.165, 1.54) is 4.31 Å². The Morgan fingerprint density at radius 3 is 2.67 bits per heavy atom. The average Bonchev–Trinajstić information content (AvgIpc) is 2.39. The number of benzene rings is 1. The third kappa shape index (κ3) is 2.53. The fraction of sp³-hybridized carbons (Fsp3) is 0.417. The van der Waals surface area contributed by atoms with Crippen LogP contribution in [0.1, 0.15) is 5.56 Å². The summed E-state index contributed by atoms with van der Waals surface area (Å²) >= 11 is 0. The molecule has 1 unspecified atom stereocenters. The minimum atomic E-state index is -3.52. The van der Waals surface area contributed by atoms with E-state index in [0.717, 1.165) is 5.56 Å². The second-order valence-corrected chi connectivity index (χ2v) is 6.10. The molecular formula is C12H14N2O3S. The fourth-order valence-electron chi connectivity index (χ4n) is 1.78. The molecule has 18 heavy (non-hydrogen) atoms. The summed E-state index contributed by atoms with van der Waals surface area (Å²) in [5.74, 6) is 0. The zero-order valence-corrected chi connectivity index (χ0v) is 10.9. The average molecular weight is 266 g/mol. The summed E-state index contributed by atoms with van der Waals surface area (Å²) in [7, 11) is -3.52. The molecule has 5 nitrogen and oxygen atoms in total. The summed E-state index contributed by atoms with van der Waals surface area (Å²) in [6, 6.07) is 8.63. The highest BCUT2D eigenvalue weighted by Crippen LogP contribution is 2.18. The Bertz CT molecular complexity index is 560. The van der Waals surface area contributed by atoms with Crippen molar-refractivity contribution in [3.05, 3.63) is 29.8 Å². The number of rotatable bonds is 2. The number of ether oxygens (including phenoxy) is 1. The largest absolute Gasteiger partial charge is 0.361 e. The molecule has 0 aliphatic carbocycles. The molecule has 0 amide bonds. The second kappa shape index (κ2) is 5.06. The lowest BCUT2D eigenvalue weighted by atomic mass is 10.2. The van der Waals surface area contributed by atoms with E-state index in [1.54, 1.807) is 24.3 Å². The van der Waals surface area contributed by atoms with E-state index in [9.17, 15) is 8.42 Å². The minimum Gasteiger partial charge on any atom is -0.361 e. The van der Waals surface area contributed by atoms with E-state index < -0.39 is 16.1 Å². The zero-order valence-electron chi connectivity index (χ0n) is 10.0. The topological polar surface area (TPSA) is 70.4 Å². The molecule has 2 rings (SSSR count). The zero-order chi connectivity index (χ0) is 13.2. The van der Waals surface area contributed by atoms with Crippen LogP contribution >= 0.6 is 0 Å². The number of nitriles is 1. The van der Waals surface area contributed by atoms with Crippen molar-refractivity contribution in [1.82, 2.24) is 4.31 Å². The smallest absolute Gasteiger partial charge is 0.243 e. The third-order valence-electron chi connectivity index (χ3n) is 2.83. The molecule has 0 aromatic heterocycles. The van der Waals surface area contributed by atoms with Crippen LogP contribution in [0.3, 0.4) is 0 Å². The predicted octanol–water partition coefficient (Wildman–Crippen LogP) is 0.908. The van der Waals surface area contributed by atoms with Crippen LogP contribution in [0.25, 0.3) is 0 Å². The van der Waals surface area contributed by atoms with Gasteiger partial charge in [-0.15, -0.1) is 0 Å². The number of nitrogens with zero attached hydrogens (tertiary/aromatic N) is 2. The summed E-state index contributed by atoms with van der Waals surface area (Å²) in [5.41, 5.74) is 1.01. The maximum atomic E-state index is 12.3. The first-order valence-electron chi connectivity index (χ1n) is 5.62. The van der Waals surface area contributed by atoms with Gasteiger partial charge in [0.2, 0.25) is 10.0 Å². The lowest BCUT2D eigenvalue weighted by Crippen LogP contribution is -2.44. The summed E-state index contributed by atoms with van der Waals surface area (Å²) in [4.78, 5) is 0.256. The van der Waals surface area contributed by atoms with Crippen molar-refractivity contribution in [2.75, 3.05) is 19.7 Å². The molecule has 1 aromatic rings. The fourth-order valence-corrected chi connectivity index (χ4v) is 3.21. The van der Waals surface area contributed by atoms with Gasteiger partial charge in [-0.25, -0.2) is 8.42 Å². The number of hydrogen-bond acceptors (Lipinski definition) is 4. The first-order valence-corrected chi connectivity index (χ1v) is 7.06. The van der Waals surface area contributed by atoms with Gasteiger partial charge in [0.15, 0.2) is 6.10 Å². The van der Waals surface area contributed by atoms with Crippen LogP contribution in [0, 0.1) is 18.3 Å². The number of morpholine rings is 1. The van der Waals surface area contributed by atoms with Crippen molar-refractivity contribution in [2.24, 2.45) is 0 Å². The van der Waals surface area contributed by atoms with Gasteiger partial charge in [-0.05, 0) is 19.1 Å². The Balaban J connectivity index is 2.26. The molecule has 96 valence electrons. The van der Waals surface area contributed by atoms with Gasteiger partial charge in [0.1, 0.15) is 0 Å². The van der Waals surface area contributed by atoms with Crippen LogP contribution in [0.4, 0.5) is 0 Å². The van der Waals surface area contributed by atoms with Crippen molar-refractivity contribution in [3.8, 4) is 6.07 Å². The van der Waals surface area contributed by atoms with Crippen LogP contribution in [0.5, 0.6) is 0 Å². The highest BCUT2D eigenvalue weighted by molar-refractivity contribution is 7.89. The van der Waals surface area contributed by atoms with Crippen molar-refractivity contribution in [1.29, 1.82) is 5.26 Å². The third-order valence-corrected chi connectivity index (χ3v) is 4.71. The Morgan fingerprint density at radius 2 is 2.06 bits per heavy atom. The molecule has 0 N–H and O–H groups in total. The van der Waals surface area contributed by atoms with Crippen LogP contribution < -0.4 is 0 Å². The van der Waals surface area contributed by atoms with Gasteiger partial charge in [0, 0.05) is 6.54 Å². The van der Waals surface area contributed by atoms with Gasteiger partial charge in [0.05, 0.1) is 24.1 Å². The molecule has 1 saturated heterocycles. The normalized spacial score (nSPS) is 21.4. The van der Waals surface area contributed by atoms with Crippen molar-refractivity contribution >= 4 is 10.0 Å². The number of sulfonamides is 1. The standard InChI is InChI=1S/C12H14N2O3S/c1-10-2-4-12(5-3-10)18(15,16)14-6-7-17-11(8-13)9-14/h2-5,11H,6-7,9H2,1H3.